The number of fused-ring (bicyclic) bond motifs is 2. The molecule has 0 radical (unpaired) electrons. The molecule has 0 saturated heterocycles. The first kappa shape index (κ1) is 18.7. The van der Waals surface area contributed by atoms with Crippen LogP contribution in [0.15, 0.2) is 54.6 Å². The number of carbonyl (C=O) groups is 2. The summed E-state index contributed by atoms with van der Waals surface area (Å²) in [7, 11) is 0. The average Bonchev–Trinajstić information content (AvgIpc) is 3.09. The Balaban J connectivity index is 1.85. The number of carbonyl (C=O) groups excluding carboxylic acids is 2. The van der Waals surface area contributed by atoms with Crippen LogP contribution in [-0.2, 0) is 6.42 Å². The first-order valence-electron chi connectivity index (χ1n) is 9.85. The van der Waals surface area contributed by atoms with Crippen molar-refractivity contribution in [3.8, 4) is 5.69 Å². The maximum Gasteiger partial charge on any atom is 0.194 e. The van der Waals surface area contributed by atoms with Gasteiger partial charge in [0.15, 0.2) is 17.2 Å². The summed E-state index contributed by atoms with van der Waals surface area (Å²) < 4.78 is 1.75. The van der Waals surface area contributed by atoms with Gasteiger partial charge >= 0.3 is 0 Å². The Hall–Kier alpha value is -3.31. The van der Waals surface area contributed by atoms with Crippen molar-refractivity contribution in [2.45, 2.75) is 26.2 Å². The van der Waals surface area contributed by atoms with Gasteiger partial charge in [0, 0.05) is 22.6 Å². The number of halogens is 1. The molecule has 0 atom stereocenters. The first-order chi connectivity index (χ1) is 14.5. The summed E-state index contributed by atoms with van der Waals surface area (Å²) in [4.78, 5) is 31.3. The lowest BCUT2D eigenvalue weighted by molar-refractivity contribution is 0.0957. The van der Waals surface area contributed by atoms with E-state index < -0.39 is 0 Å². The molecule has 0 aliphatic heterocycles. The Morgan fingerprint density at radius 2 is 1.77 bits per heavy atom. The lowest BCUT2D eigenvalue weighted by Gasteiger charge is -2.18. The van der Waals surface area contributed by atoms with E-state index in [9.17, 15) is 9.59 Å². The second-order valence-corrected chi connectivity index (χ2v) is 7.89. The number of ketones is 2. The lowest BCUT2D eigenvalue weighted by atomic mass is 9.86. The molecule has 148 valence electrons. The second kappa shape index (κ2) is 7.18. The van der Waals surface area contributed by atoms with E-state index in [0.717, 1.165) is 12.1 Å². The molecule has 2 aromatic heterocycles. The van der Waals surface area contributed by atoms with Gasteiger partial charge in [-0.05, 0) is 56.2 Å². The quantitative estimate of drug-likeness (QED) is 0.435. The fourth-order valence-corrected chi connectivity index (χ4v) is 4.23. The third-order valence-electron chi connectivity index (χ3n) is 5.50. The van der Waals surface area contributed by atoms with Gasteiger partial charge in [0.2, 0.25) is 0 Å². The van der Waals surface area contributed by atoms with Gasteiger partial charge in [-0.25, -0.2) is 9.67 Å². The molecule has 0 N–H and O–H groups in total. The fraction of sp³-hybridized carbons (Fsp3) is 0.167. The Morgan fingerprint density at radius 1 is 1.03 bits per heavy atom. The van der Waals surface area contributed by atoms with Gasteiger partial charge in [0.1, 0.15) is 0 Å². The zero-order chi connectivity index (χ0) is 20.8. The predicted molar refractivity (Wildman–Crippen MR) is 116 cm³/mol. The third kappa shape index (κ3) is 2.94. The van der Waals surface area contributed by atoms with Crippen LogP contribution >= 0.6 is 11.6 Å². The maximum absolute atomic E-state index is 13.6. The molecule has 0 bridgehead atoms. The molecule has 6 heteroatoms. The molecule has 0 unspecified atom stereocenters. The Bertz CT molecular complexity index is 1310. The number of benzene rings is 2. The largest absolute Gasteiger partial charge is 0.294 e. The van der Waals surface area contributed by atoms with Crippen molar-refractivity contribution in [2.75, 3.05) is 0 Å². The van der Waals surface area contributed by atoms with Crippen molar-refractivity contribution in [1.82, 2.24) is 14.8 Å². The van der Waals surface area contributed by atoms with Gasteiger partial charge < -0.3 is 0 Å². The normalized spacial score (nSPS) is 13.5. The molecule has 0 amide bonds. The molecule has 1 aliphatic rings. The van der Waals surface area contributed by atoms with Crippen LogP contribution in [0.4, 0.5) is 0 Å². The monoisotopic (exact) mass is 415 g/mol. The van der Waals surface area contributed by atoms with Crippen molar-refractivity contribution in [3.63, 3.8) is 0 Å². The number of rotatable bonds is 3. The smallest absolute Gasteiger partial charge is 0.194 e. The summed E-state index contributed by atoms with van der Waals surface area (Å²) in [5.74, 6) is -0.240. The van der Waals surface area contributed by atoms with Crippen LogP contribution in [0.2, 0.25) is 5.02 Å². The summed E-state index contributed by atoms with van der Waals surface area (Å²) in [6, 6.07) is 16.4. The maximum atomic E-state index is 13.6. The topological polar surface area (TPSA) is 64.8 Å². The van der Waals surface area contributed by atoms with Crippen LogP contribution in [0.3, 0.4) is 0 Å². The summed E-state index contributed by atoms with van der Waals surface area (Å²) >= 11 is 6.00. The number of para-hydroxylation sites is 1. The summed E-state index contributed by atoms with van der Waals surface area (Å²) in [6.07, 6.45) is 1.82. The standard InChI is InChI=1S/C24H18ClN3O2/c1-14-20-22(23(30)15-10-12-16(25)13-11-15)21-18(8-5-9-19(21)29)26-24(20)28(27-14)17-6-3-2-4-7-17/h2-4,6-7,10-13H,5,8-9H2,1H3. The predicted octanol–water partition coefficient (Wildman–Crippen LogP) is 5.13. The van der Waals surface area contributed by atoms with Gasteiger partial charge in [-0.3, -0.25) is 9.59 Å². The van der Waals surface area contributed by atoms with E-state index in [2.05, 4.69) is 5.10 Å². The zero-order valence-electron chi connectivity index (χ0n) is 16.4. The molecule has 1 aliphatic carbocycles. The molecule has 0 fully saturated rings. The minimum Gasteiger partial charge on any atom is -0.294 e. The SMILES string of the molecule is Cc1nn(-c2ccccc2)c2nc3c(c(C(=O)c4ccc(Cl)cc4)c12)C(=O)CCC3. The molecule has 0 spiro atoms. The number of aryl methyl sites for hydroxylation is 2. The van der Waals surface area contributed by atoms with Crippen LogP contribution in [0.25, 0.3) is 16.7 Å². The van der Waals surface area contributed by atoms with Crippen molar-refractivity contribution in [3.05, 3.63) is 87.7 Å². The van der Waals surface area contributed by atoms with Gasteiger partial charge in [0.05, 0.1) is 28.0 Å². The van der Waals surface area contributed by atoms with Crippen LogP contribution in [0, 0.1) is 6.92 Å². The lowest BCUT2D eigenvalue weighted by Crippen LogP contribution is -2.19. The number of Topliss-reactive ketones (excluding diaryl/α,β-unsaturated/α-hetero) is 1. The fourth-order valence-electron chi connectivity index (χ4n) is 4.11. The van der Waals surface area contributed by atoms with Crippen molar-refractivity contribution in [2.24, 2.45) is 0 Å². The number of pyridine rings is 1. The molecule has 2 heterocycles. The minimum absolute atomic E-state index is 0.0326. The number of hydrogen-bond acceptors (Lipinski definition) is 4. The van der Waals surface area contributed by atoms with E-state index >= 15 is 0 Å². The summed E-state index contributed by atoms with van der Waals surface area (Å²) in [6.45, 7) is 1.85. The molecular weight excluding hydrogens is 398 g/mol. The second-order valence-electron chi connectivity index (χ2n) is 7.45. The molecule has 30 heavy (non-hydrogen) atoms. The highest BCUT2D eigenvalue weighted by Crippen LogP contribution is 2.33. The van der Waals surface area contributed by atoms with Gasteiger partial charge in [-0.2, -0.15) is 5.10 Å². The Labute approximate surface area is 178 Å². The van der Waals surface area contributed by atoms with E-state index in [1.165, 1.54) is 0 Å². The number of aromatic nitrogens is 3. The van der Waals surface area contributed by atoms with Crippen molar-refractivity contribution in [1.29, 1.82) is 0 Å². The van der Waals surface area contributed by atoms with Crippen molar-refractivity contribution < 1.29 is 9.59 Å². The molecule has 5 nitrogen and oxygen atoms in total. The van der Waals surface area contributed by atoms with Crippen LogP contribution in [0.5, 0.6) is 0 Å². The number of hydrogen-bond donors (Lipinski definition) is 0. The number of nitrogens with zero attached hydrogens (tertiary/aromatic N) is 3. The minimum atomic E-state index is -0.207. The van der Waals surface area contributed by atoms with Crippen LogP contribution in [0.1, 0.15) is 50.5 Å². The van der Waals surface area contributed by atoms with Crippen LogP contribution in [-0.4, -0.2) is 26.3 Å². The zero-order valence-corrected chi connectivity index (χ0v) is 17.1. The molecule has 2 aromatic carbocycles. The summed E-state index contributed by atoms with van der Waals surface area (Å²) in [5.41, 5.74) is 4.14. The van der Waals surface area contributed by atoms with E-state index in [4.69, 9.17) is 16.6 Å². The molecule has 0 saturated carbocycles. The summed E-state index contributed by atoms with van der Waals surface area (Å²) in [5, 5.41) is 5.86. The van der Waals surface area contributed by atoms with Gasteiger partial charge in [0.25, 0.3) is 0 Å². The first-order valence-corrected chi connectivity index (χ1v) is 10.2. The van der Waals surface area contributed by atoms with Gasteiger partial charge in [-0.1, -0.05) is 29.8 Å². The van der Waals surface area contributed by atoms with Crippen LogP contribution < -0.4 is 0 Å². The van der Waals surface area contributed by atoms with Gasteiger partial charge in [-0.15, -0.1) is 0 Å². The van der Waals surface area contributed by atoms with E-state index in [1.807, 2.05) is 37.3 Å². The highest BCUT2D eigenvalue weighted by molar-refractivity contribution is 6.31. The molecular formula is C24H18ClN3O2. The molecule has 4 aromatic rings. The van der Waals surface area contributed by atoms with Crippen molar-refractivity contribution >= 4 is 34.2 Å². The highest BCUT2D eigenvalue weighted by Gasteiger charge is 2.31. The third-order valence-corrected chi connectivity index (χ3v) is 5.75. The van der Waals surface area contributed by atoms with E-state index in [-0.39, 0.29) is 11.6 Å². The Morgan fingerprint density at radius 3 is 2.50 bits per heavy atom. The molecule has 5 rings (SSSR count). The highest BCUT2D eigenvalue weighted by atomic mass is 35.5. The van der Waals surface area contributed by atoms with E-state index in [1.54, 1.807) is 28.9 Å². The average molecular weight is 416 g/mol. The van der Waals surface area contributed by atoms with E-state index in [0.29, 0.717) is 57.0 Å². The Kier molecular flexibility index (Phi) is 4.48.